The number of nitrogens with zero attached hydrogens (tertiary/aromatic N) is 1. The molecule has 1 saturated heterocycles. The van der Waals surface area contributed by atoms with Gasteiger partial charge in [0.2, 0.25) is 0 Å². The minimum absolute atomic E-state index is 0.156. The molecule has 0 bridgehead atoms. The molecule has 33 heavy (non-hydrogen) atoms. The summed E-state index contributed by atoms with van der Waals surface area (Å²) in [6.07, 6.45) is 8.35. The third kappa shape index (κ3) is 8.31. The van der Waals surface area contributed by atoms with E-state index in [4.69, 9.17) is 4.18 Å². The van der Waals surface area contributed by atoms with Crippen molar-refractivity contribution in [2.75, 3.05) is 26.3 Å². The standard InChI is InChI=1S/C19H18F2O2S.C7H14FN/c1-19(20,21)24-23-16-10-11-18-14(12-16)4-2-3-5-17(18)13-6-8-15(22)9-7-13;8-4-3-7-9-5-1-2-6-9/h5-12,22H,2-4H2,1H3;1-7H2. The van der Waals surface area contributed by atoms with E-state index in [9.17, 15) is 18.3 Å². The number of aryl methyl sites for hydroxylation is 1. The Balaban J connectivity index is 0.000000286. The molecule has 0 saturated carbocycles. The van der Waals surface area contributed by atoms with E-state index in [0.717, 1.165) is 61.4 Å². The predicted molar refractivity (Wildman–Crippen MR) is 130 cm³/mol. The quantitative estimate of drug-likeness (QED) is 0.424. The highest BCUT2D eigenvalue weighted by atomic mass is 32.2. The first kappa shape index (κ1) is 25.5. The molecule has 1 N–H and O–H groups in total. The van der Waals surface area contributed by atoms with E-state index in [0.29, 0.717) is 5.75 Å². The van der Waals surface area contributed by atoms with Crippen LogP contribution in [0.1, 0.15) is 55.7 Å². The second-order valence-electron chi connectivity index (χ2n) is 8.44. The number of hydrogen-bond acceptors (Lipinski definition) is 4. The Morgan fingerprint density at radius 2 is 1.79 bits per heavy atom. The molecule has 2 aromatic carbocycles. The lowest BCUT2D eigenvalue weighted by Crippen LogP contribution is -2.20. The fraction of sp³-hybridized carbons (Fsp3) is 0.462. The lowest BCUT2D eigenvalue weighted by molar-refractivity contribution is 0.123. The first-order valence-electron chi connectivity index (χ1n) is 11.5. The third-order valence-electron chi connectivity index (χ3n) is 5.63. The summed E-state index contributed by atoms with van der Waals surface area (Å²) in [7, 11) is 0. The van der Waals surface area contributed by atoms with Crippen LogP contribution >= 0.6 is 12.0 Å². The summed E-state index contributed by atoms with van der Waals surface area (Å²) in [5, 5.41) is 6.54. The fourth-order valence-electron chi connectivity index (χ4n) is 4.07. The Bertz CT molecular complexity index is 907. The Labute approximate surface area is 198 Å². The molecule has 1 aliphatic heterocycles. The largest absolute Gasteiger partial charge is 0.508 e. The molecule has 1 heterocycles. The Morgan fingerprint density at radius 1 is 1.06 bits per heavy atom. The van der Waals surface area contributed by atoms with Crippen LogP contribution < -0.4 is 4.18 Å². The summed E-state index contributed by atoms with van der Waals surface area (Å²) in [4.78, 5) is 2.33. The van der Waals surface area contributed by atoms with Gasteiger partial charge in [0.25, 0.3) is 0 Å². The van der Waals surface area contributed by atoms with Gasteiger partial charge < -0.3 is 14.2 Å². The van der Waals surface area contributed by atoms with Crippen LogP contribution in [-0.4, -0.2) is 41.6 Å². The number of aromatic hydroxyl groups is 1. The zero-order valence-electron chi connectivity index (χ0n) is 19.0. The zero-order chi connectivity index (χ0) is 23.7. The van der Waals surface area contributed by atoms with Crippen LogP contribution in [0.2, 0.25) is 0 Å². The summed E-state index contributed by atoms with van der Waals surface area (Å²) in [5.74, 6) is 0.668. The van der Waals surface area contributed by atoms with Gasteiger partial charge in [-0.15, -0.1) is 0 Å². The second-order valence-corrected chi connectivity index (χ2v) is 9.49. The molecule has 4 rings (SSSR count). The van der Waals surface area contributed by atoms with Crippen molar-refractivity contribution < 1.29 is 22.5 Å². The van der Waals surface area contributed by atoms with Crippen LogP contribution in [-0.2, 0) is 6.42 Å². The van der Waals surface area contributed by atoms with Gasteiger partial charge in [-0.1, -0.05) is 24.3 Å². The molecule has 0 unspecified atom stereocenters. The number of fused-ring (bicyclic) bond motifs is 1. The number of alkyl halides is 3. The van der Waals surface area contributed by atoms with E-state index >= 15 is 0 Å². The number of halogens is 3. The van der Waals surface area contributed by atoms with Crippen LogP contribution in [0, 0.1) is 0 Å². The summed E-state index contributed by atoms with van der Waals surface area (Å²) in [6.45, 7) is 4.01. The molecule has 1 fully saturated rings. The number of rotatable bonds is 7. The normalized spacial score (nSPS) is 16.3. The van der Waals surface area contributed by atoms with Crippen LogP contribution in [0.25, 0.3) is 5.57 Å². The van der Waals surface area contributed by atoms with Gasteiger partial charge in [-0.05, 0) is 98.1 Å². The molecule has 0 radical (unpaired) electrons. The number of allylic oxidation sites excluding steroid dienone is 1. The molecule has 0 atom stereocenters. The van der Waals surface area contributed by atoms with E-state index in [-0.39, 0.29) is 24.5 Å². The number of likely N-dealkylation sites (tertiary alicyclic amines) is 1. The van der Waals surface area contributed by atoms with Crippen molar-refractivity contribution in [1.82, 2.24) is 4.90 Å². The SMILES string of the molecule is CC(F)(F)SOc1ccc2c(c1)CCCC=C2c1ccc(O)cc1.FCCCN1CCCC1. The fourth-order valence-corrected chi connectivity index (χ4v) is 4.41. The van der Waals surface area contributed by atoms with Gasteiger partial charge in [0.05, 0.1) is 6.67 Å². The predicted octanol–water partition coefficient (Wildman–Crippen LogP) is 7.24. The van der Waals surface area contributed by atoms with Gasteiger partial charge in [-0.3, -0.25) is 4.39 Å². The molecule has 180 valence electrons. The van der Waals surface area contributed by atoms with E-state index in [1.54, 1.807) is 18.2 Å². The minimum Gasteiger partial charge on any atom is -0.508 e. The molecule has 1 aliphatic carbocycles. The maximum absolute atomic E-state index is 12.9. The summed E-state index contributed by atoms with van der Waals surface area (Å²) in [6, 6.07) is 12.6. The monoisotopic (exact) mass is 479 g/mol. The van der Waals surface area contributed by atoms with Crippen molar-refractivity contribution in [2.24, 2.45) is 0 Å². The van der Waals surface area contributed by atoms with Crippen LogP contribution in [0.3, 0.4) is 0 Å². The average Bonchev–Trinajstić information content (AvgIpc) is 3.22. The molecule has 2 aromatic rings. The van der Waals surface area contributed by atoms with E-state index in [1.165, 1.54) is 25.9 Å². The van der Waals surface area contributed by atoms with Gasteiger partial charge in [0.15, 0.2) is 0 Å². The highest BCUT2D eigenvalue weighted by molar-refractivity contribution is 7.96. The van der Waals surface area contributed by atoms with E-state index < -0.39 is 5.25 Å². The summed E-state index contributed by atoms with van der Waals surface area (Å²) in [5.41, 5.74) is 4.30. The Kier molecular flexibility index (Phi) is 9.56. The average molecular weight is 480 g/mol. The number of hydrogen-bond donors (Lipinski definition) is 1. The van der Waals surface area contributed by atoms with Crippen LogP contribution in [0.4, 0.5) is 13.2 Å². The molecular weight excluding hydrogens is 447 g/mol. The minimum atomic E-state index is -2.93. The number of phenols is 1. The smallest absolute Gasteiger partial charge is 0.325 e. The Morgan fingerprint density at radius 3 is 2.45 bits per heavy atom. The molecular formula is C26H32F3NO2S. The van der Waals surface area contributed by atoms with Gasteiger partial charge in [0.1, 0.15) is 23.5 Å². The topological polar surface area (TPSA) is 32.7 Å². The molecule has 2 aliphatic rings. The molecule has 7 heteroatoms. The lowest BCUT2D eigenvalue weighted by Gasteiger charge is -2.14. The van der Waals surface area contributed by atoms with Crippen LogP contribution in [0.15, 0.2) is 48.5 Å². The van der Waals surface area contributed by atoms with Gasteiger partial charge in [-0.25, -0.2) is 0 Å². The first-order chi connectivity index (χ1) is 15.9. The summed E-state index contributed by atoms with van der Waals surface area (Å²) >= 11 is 0.166. The molecule has 0 amide bonds. The lowest BCUT2D eigenvalue weighted by atomic mass is 9.93. The van der Waals surface area contributed by atoms with Crippen molar-refractivity contribution in [2.45, 2.75) is 50.7 Å². The van der Waals surface area contributed by atoms with Crippen LogP contribution in [0.5, 0.6) is 11.5 Å². The maximum Gasteiger partial charge on any atom is 0.325 e. The summed E-state index contributed by atoms with van der Waals surface area (Å²) < 4.78 is 42.6. The van der Waals surface area contributed by atoms with Crippen molar-refractivity contribution in [3.8, 4) is 11.5 Å². The maximum atomic E-state index is 12.9. The molecule has 0 spiro atoms. The molecule has 0 aromatic heterocycles. The van der Waals surface area contributed by atoms with Crippen molar-refractivity contribution in [1.29, 1.82) is 0 Å². The van der Waals surface area contributed by atoms with Gasteiger partial charge >= 0.3 is 5.25 Å². The van der Waals surface area contributed by atoms with Crippen molar-refractivity contribution in [3.05, 3.63) is 65.2 Å². The van der Waals surface area contributed by atoms with Crippen molar-refractivity contribution in [3.63, 3.8) is 0 Å². The number of phenolic OH excluding ortho intramolecular Hbond substituents is 1. The Hall–Kier alpha value is -2.12. The van der Waals surface area contributed by atoms with E-state index in [2.05, 4.69) is 11.0 Å². The van der Waals surface area contributed by atoms with Gasteiger partial charge in [-0.2, -0.15) is 8.78 Å². The second kappa shape index (κ2) is 12.4. The first-order valence-corrected chi connectivity index (χ1v) is 12.2. The third-order valence-corrected chi connectivity index (χ3v) is 6.20. The highest BCUT2D eigenvalue weighted by Crippen LogP contribution is 2.36. The zero-order valence-corrected chi connectivity index (χ0v) is 19.9. The van der Waals surface area contributed by atoms with E-state index in [1.807, 2.05) is 24.3 Å². The molecule has 3 nitrogen and oxygen atoms in total. The number of benzene rings is 2. The van der Waals surface area contributed by atoms with Gasteiger partial charge in [0, 0.05) is 13.5 Å². The van der Waals surface area contributed by atoms with Crippen molar-refractivity contribution >= 4 is 17.6 Å². The highest BCUT2D eigenvalue weighted by Gasteiger charge is 2.25.